The van der Waals surface area contributed by atoms with Gasteiger partial charge in [0.05, 0.1) is 0 Å². The summed E-state index contributed by atoms with van der Waals surface area (Å²) < 4.78 is 13.8. The van der Waals surface area contributed by atoms with Crippen molar-refractivity contribution < 1.29 is 9.47 Å². The van der Waals surface area contributed by atoms with Crippen LogP contribution in [0, 0.1) is 0 Å². The molecule has 0 bridgehead atoms. The van der Waals surface area contributed by atoms with E-state index in [2.05, 4.69) is 32.7 Å². The van der Waals surface area contributed by atoms with Gasteiger partial charge in [-0.2, -0.15) is 0 Å². The molecule has 0 amide bonds. The zero-order valence-corrected chi connectivity index (χ0v) is 24.3. The van der Waals surface area contributed by atoms with Gasteiger partial charge in [-0.1, -0.05) is 117 Å². The van der Waals surface area contributed by atoms with E-state index in [1.807, 2.05) is 0 Å². The largest absolute Gasteiger partial charge is 0.463 e. The van der Waals surface area contributed by atoms with Crippen molar-refractivity contribution in [2.75, 3.05) is 13.2 Å². The maximum atomic E-state index is 6.15. The Morgan fingerprint density at radius 2 is 0.933 bits per heavy atom. The summed E-state index contributed by atoms with van der Waals surface area (Å²) in [6.45, 7) is 6.35. The molecular formula is C26H53IMgO2. The normalized spacial score (nSPS) is 11.3. The van der Waals surface area contributed by atoms with Crippen LogP contribution in [0.5, 0.6) is 0 Å². The standard InChI is InChI=1S/C26H53O2.HI.Mg/c1-4-7-10-12-14-16-18-21-24-27-26(23-20-9-6-3)28-25-22-19-17-15-13-11-8-5-2;;/h26H,3-25H2,1-2H3;1H;/q;;+1/p-1. The molecule has 2 nitrogen and oxygen atoms in total. The second-order valence-electron chi connectivity index (χ2n) is 9.01. The average molecular weight is 549 g/mol. The summed E-state index contributed by atoms with van der Waals surface area (Å²) in [5, 5.41) is 0. The van der Waals surface area contributed by atoms with E-state index in [-0.39, 0.29) is 22.8 Å². The first kappa shape index (κ1) is 31.4. The first-order valence-electron chi connectivity index (χ1n) is 13.6. The number of rotatable bonds is 26. The second-order valence-corrected chi connectivity index (χ2v) is 13.3. The van der Waals surface area contributed by atoms with Crippen molar-refractivity contribution in [1.82, 2.24) is 0 Å². The molecule has 0 saturated carbocycles. The van der Waals surface area contributed by atoms with Gasteiger partial charge in [0.1, 0.15) is 0 Å². The fourth-order valence-corrected chi connectivity index (χ4v) is 6.04. The number of hydrogen-bond donors (Lipinski definition) is 0. The molecular weight excluding hydrogens is 495 g/mol. The number of ether oxygens (including phenoxy) is 2. The molecule has 0 aromatic rings. The third kappa shape index (κ3) is 25.7. The lowest BCUT2D eigenvalue weighted by Crippen LogP contribution is -2.19. The lowest BCUT2D eigenvalue weighted by atomic mass is 10.1. The van der Waals surface area contributed by atoms with E-state index in [0.717, 1.165) is 19.6 Å². The van der Waals surface area contributed by atoms with Crippen LogP contribution in [0.3, 0.4) is 0 Å². The smallest absolute Gasteiger partial charge is 0.353 e. The molecule has 0 spiro atoms. The maximum absolute atomic E-state index is 6.15. The van der Waals surface area contributed by atoms with Gasteiger partial charge in [-0.25, -0.2) is 0 Å². The number of halogens is 1. The molecule has 30 heavy (non-hydrogen) atoms. The average Bonchev–Trinajstić information content (AvgIpc) is 2.76. The lowest BCUT2D eigenvalue weighted by Gasteiger charge is -2.19. The third-order valence-corrected chi connectivity index (χ3v) is 8.98. The van der Waals surface area contributed by atoms with Crippen LogP contribution in [0.25, 0.3) is 0 Å². The van der Waals surface area contributed by atoms with Crippen molar-refractivity contribution in [3.05, 3.63) is 0 Å². The summed E-state index contributed by atoms with van der Waals surface area (Å²) >= 11 is 2.83. The minimum Gasteiger partial charge on any atom is -0.353 e. The zero-order valence-electron chi connectivity index (χ0n) is 20.7. The van der Waals surface area contributed by atoms with Crippen LogP contribution < -0.4 is 0 Å². The molecule has 0 N–H and O–H groups in total. The molecule has 0 fully saturated rings. The van der Waals surface area contributed by atoms with Crippen LogP contribution >= 0.6 is 18.9 Å². The summed E-state index contributed by atoms with van der Waals surface area (Å²) in [5.74, 6) is 0. The molecule has 0 heterocycles. The predicted octanol–water partition coefficient (Wildman–Crippen LogP) is 9.66. The van der Waals surface area contributed by atoms with E-state index >= 15 is 0 Å². The van der Waals surface area contributed by atoms with Crippen LogP contribution in [-0.4, -0.2) is 36.0 Å². The minimum absolute atomic E-state index is 0.0518. The number of hydrogen-bond acceptors (Lipinski definition) is 2. The molecule has 0 aliphatic rings. The molecule has 0 radical (unpaired) electrons. The Labute approximate surface area is 209 Å². The van der Waals surface area contributed by atoms with Crippen molar-refractivity contribution in [1.29, 1.82) is 0 Å². The molecule has 0 atom stereocenters. The van der Waals surface area contributed by atoms with Gasteiger partial charge >= 0.3 is 16.5 Å². The van der Waals surface area contributed by atoms with Gasteiger partial charge in [0.2, 0.25) is 0 Å². The van der Waals surface area contributed by atoms with Crippen LogP contribution in [0.1, 0.15) is 142 Å². The molecule has 0 rings (SSSR count). The summed E-state index contributed by atoms with van der Waals surface area (Å²) in [4.78, 5) is 0. The third-order valence-electron chi connectivity index (χ3n) is 5.93. The fourth-order valence-electron chi connectivity index (χ4n) is 3.88. The van der Waals surface area contributed by atoms with Gasteiger partial charge in [0, 0.05) is 13.2 Å². The fraction of sp³-hybridized carbons (Fsp3) is 1.00. The van der Waals surface area contributed by atoms with Gasteiger partial charge in [-0.15, -0.1) is 4.55 Å². The SMILES string of the molecule is CCCCCCCCCCOC(CCCC[CH2][Mg][I])OCCCCCCCCCC. The van der Waals surface area contributed by atoms with E-state index in [9.17, 15) is 0 Å². The lowest BCUT2D eigenvalue weighted by molar-refractivity contribution is -0.148. The van der Waals surface area contributed by atoms with Crippen molar-refractivity contribution in [3.8, 4) is 0 Å². The van der Waals surface area contributed by atoms with Crippen molar-refractivity contribution in [2.45, 2.75) is 153 Å². The summed E-state index contributed by atoms with van der Waals surface area (Å²) in [5.41, 5.74) is 0. The highest BCUT2D eigenvalue weighted by atomic mass is 127. The molecule has 0 unspecified atom stereocenters. The van der Waals surface area contributed by atoms with Gasteiger partial charge in [0.15, 0.2) is 6.29 Å². The van der Waals surface area contributed by atoms with E-state index in [1.54, 1.807) is 0 Å². The Morgan fingerprint density at radius 3 is 1.37 bits per heavy atom. The Hall–Kier alpha value is 1.42. The highest BCUT2D eigenvalue weighted by Crippen LogP contribution is 2.14. The summed E-state index contributed by atoms with van der Waals surface area (Å²) in [7, 11) is 0. The van der Waals surface area contributed by atoms with Crippen LogP contribution in [0.2, 0.25) is 4.55 Å². The summed E-state index contributed by atoms with van der Waals surface area (Å²) in [6, 6.07) is 0. The monoisotopic (exact) mass is 548 g/mol. The molecule has 0 saturated heterocycles. The Bertz CT molecular complexity index is 283. The van der Waals surface area contributed by atoms with Gasteiger partial charge in [0.25, 0.3) is 0 Å². The molecule has 0 aliphatic carbocycles. The number of unbranched alkanes of at least 4 members (excludes halogenated alkanes) is 16. The van der Waals surface area contributed by atoms with E-state index in [0.29, 0.717) is 0 Å². The molecule has 0 aromatic carbocycles. The summed E-state index contributed by atoms with van der Waals surface area (Å²) in [6.07, 6.45) is 26.9. The van der Waals surface area contributed by atoms with Crippen LogP contribution in [0.15, 0.2) is 0 Å². The van der Waals surface area contributed by atoms with E-state index in [1.165, 1.54) is 127 Å². The van der Waals surface area contributed by atoms with Crippen molar-refractivity contribution in [2.24, 2.45) is 0 Å². The Balaban J connectivity index is 3.75. The quantitative estimate of drug-likeness (QED) is 0.0463. The van der Waals surface area contributed by atoms with Crippen molar-refractivity contribution >= 4 is 35.3 Å². The Kier molecular flexibility index (Phi) is 29.8. The highest BCUT2D eigenvalue weighted by Gasteiger charge is 2.09. The maximum Gasteiger partial charge on any atom is 0.463 e. The van der Waals surface area contributed by atoms with Gasteiger partial charge in [-0.05, 0) is 25.7 Å². The second kappa shape index (κ2) is 28.4. The van der Waals surface area contributed by atoms with E-state index in [4.69, 9.17) is 9.47 Å². The highest BCUT2D eigenvalue weighted by molar-refractivity contribution is 14.1. The molecule has 0 aliphatic heterocycles. The van der Waals surface area contributed by atoms with Gasteiger partial charge in [-0.3, -0.25) is 0 Å². The zero-order chi connectivity index (χ0) is 22.0. The Morgan fingerprint density at radius 1 is 0.533 bits per heavy atom. The van der Waals surface area contributed by atoms with Crippen molar-refractivity contribution in [3.63, 3.8) is 0 Å². The van der Waals surface area contributed by atoms with Crippen LogP contribution in [0.4, 0.5) is 0 Å². The first-order chi connectivity index (χ1) is 14.8. The molecule has 0 aromatic heterocycles. The molecule has 4 heteroatoms. The molecule has 178 valence electrons. The predicted molar refractivity (Wildman–Crippen MR) is 144 cm³/mol. The van der Waals surface area contributed by atoms with Gasteiger partial charge < -0.3 is 28.3 Å². The van der Waals surface area contributed by atoms with Crippen LogP contribution in [-0.2, 0) is 9.47 Å². The van der Waals surface area contributed by atoms with E-state index < -0.39 is 0 Å². The minimum atomic E-state index is 0.0518. The first-order valence-corrected chi connectivity index (χ1v) is 19.7. The topological polar surface area (TPSA) is 18.5 Å².